The number of carbonyl (C=O) groups excluding carboxylic acids is 1. The SMILES string of the molecule is CCN(CC(=O)O)C(=O)CS(=O)(=O)CC. The highest BCUT2D eigenvalue weighted by Crippen LogP contribution is 1.96. The molecule has 0 aromatic heterocycles. The Bertz CT molecular complexity index is 335. The second-order valence-corrected chi connectivity index (χ2v) is 5.33. The molecule has 0 radical (unpaired) electrons. The molecule has 0 aliphatic rings. The van der Waals surface area contributed by atoms with Crippen LogP contribution in [0.3, 0.4) is 0 Å². The number of sulfone groups is 1. The number of carboxylic acid groups (broad SMARTS) is 1. The maximum atomic E-state index is 11.4. The van der Waals surface area contributed by atoms with Crippen LogP contribution in [0.1, 0.15) is 13.8 Å². The number of aliphatic carboxylic acids is 1. The Hall–Kier alpha value is -1.11. The third-order valence-corrected chi connectivity index (χ3v) is 3.41. The third kappa shape index (κ3) is 5.36. The maximum Gasteiger partial charge on any atom is 0.323 e. The van der Waals surface area contributed by atoms with Crippen molar-refractivity contribution in [1.82, 2.24) is 4.90 Å². The number of likely N-dealkylation sites (N-methyl/N-ethyl adjacent to an activating group) is 1. The molecule has 0 fully saturated rings. The fraction of sp³-hybridized carbons (Fsp3) is 0.750. The molecule has 0 unspecified atom stereocenters. The van der Waals surface area contributed by atoms with Gasteiger partial charge in [-0.3, -0.25) is 9.59 Å². The zero-order valence-electron chi connectivity index (χ0n) is 8.76. The van der Waals surface area contributed by atoms with Gasteiger partial charge in [0, 0.05) is 12.3 Å². The average Bonchev–Trinajstić information content (AvgIpc) is 2.13. The van der Waals surface area contributed by atoms with E-state index in [1.165, 1.54) is 6.92 Å². The molecule has 15 heavy (non-hydrogen) atoms. The second-order valence-electron chi connectivity index (χ2n) is 2.98. The molecule has 0 aromatic rings. The number of rotatable bonds is 6. The molecule has 0 rings (SSSR count). The van der Waals surface area contributed by atoms with Crippen molar-refractivity contribution in [2.24, 2.45) is 0 Å². The van der Waals surface area contributed by atoms with Crippen LogP contribution in [0.4, 0.5) is 0 Å². The summed E-state index contributed by atoms with van der Waals surface area (Å²) in [6.45, 7) is 2.76. The molecule has 88 valence electrons. The predicted octanol–water partition coefficient (Wildman–Crippen LogP) is -0.646. The van der Waals surface area contributed by atoms with Gasteiger partial charge in [0.05, 0.1) is 0 Å². The quantitative estimate of drug-likeness (QED) is 0.663. The van der Waals surface area contributed by atoms with Crippen LogP contribution < -0.4 is 0 Å². The van der Waals surface area contributed by atoms with Gasteiger partial charge in [0.1, 0.15) is 12.3 Å². The number of amides is 1. The molecule has 0 aliphatic heterocycles. The van der Waals surface area contributed by atoms with Gasteiger partial charge in [0.15, 0.2) is 9.84 Å². The molecule has 0 atom stereocenters. The number of hydrogen-bond donors (Lipinski definition) is 1. The number of carboxylic acids is 1. The molecular formula is C8H15NO5S. The Balaban J connectivity index is 4.48. The van der Waals surface area contributed by atoms with Gasteiger partial charge in [-0.05, 0) is 6.92 Å². The highest BCUT2D eigenvalue weighted by atomic mass is 32.2. The predicted molar refractivity (Wildman–Crippen MR) is 54.2 cm³/mol. The summed E-state index contributed by atoms with van der Waals surface area (Å²) in [5.41, 5.74) is 0. The number of nitrogens with zero attached hydrogens (tertiary/aromatic N) is 1. The molecular weight excluding hydrogens is 222 g/mol. The summed E-state index contributed by atoms with van der Waals surface area (Å²) in [7, 11) is -3.39. The van der Waals surface area contributed by atoms with E-state index in [1.54, 1.807) is 6.92 Å². The first kappa shape index (κ1) is 13.9. The molecule has 0 heterocycles. The van der Waals surface area contributed by atoms with Crippen molar-refractivity contribution in [3.8, 4) is 0 Å². The van der Waals surface area contributed by atoms with Crippen LogP contribution in [0.2, 0.25) is 0 Å². The molecule has 0 bridgehead atoms. The van der Waals surface area contributed by atoms with Crippen LogP contribution in [0.5, 0.6) is 0 Å². The Morgan fingerprint density at radius 1 is 1.27 bits per heavy atom. The van der Waals surface area contributed by atoms with Crippen molar-refractivity contribution in [1.29, 1.82) is 0 Å². The Morgan fingerprint density at radius 2 is 1.80 bits per heavy atom. The van der Waals surface area contributed by atoms with Gasteiger partial charge in [0.25, 0.3) is 0 Å². The molecule has 0 aromatic carbocycles. The Kier molecular flexibility index (Phi) is 5.27. The molecule has 7 heteroatoms. The minimum absolute atomic E-state index is 0.122. The lowest BCUT2D eigenvalue weighted by atomic mass is 10.4. The van der Waals surface area contributed by atoms with Gasteiger partial charge in [0.2, 0.25) is 5.91 Å². The van der Waals surface area contributed by atoms with E-state index in [-0.39, 0.29) is 12.3 Å². The van der Waals surface area contributed by atoms with Crippen LogP contribution in [0.25, 0.3) is 0 Å². The normalized spacial score (nSPS) is 11.1. The van der Waals surface area contributed by atoms with Crippen LogP contribution >= 0.6 is 0 Å². The van der Waals surface area contributed by atoms with E-state index in [0.29, 0.717) is 0 Å². The highest BCUT2D eigenvalue weighted by Gasteiger charge is 2.20. The van der Waals surface area contributed by atoms with Crippen molar-refractivity contribution in [2.45, 2.75) is 13.8 Å². The first-order chi connectivity index (χ1) is 6.82. The monoisotopic (exact) mass is 237 g/mol. The van der Waals surface area contributed by atoms with Crippen molar-refractivity contribution < 1.29 is 23.1 Å². The lowest BCUT2D eigenvalue weighted by Crippen LogP contribution is -2.39. The summed E-state index contributed by atoms with van der Waals surface area (Å²) in [6.07, 6.45) is 0. The van der Waals surface area contributed by atoms with E-state index in [4.69, 9.17) is 5.11 Å². The smallest absolute Gasteiger partial charge is 0.323 e. The van der Waals surface area contributed by atoms with E-state index >= 15 is 0 Å². The van der Waals surface area contributed by atoms with Crippen LogP contribution in [0.15, 0.2) is 0 Å². The van der Waals surface area contributed by atoms with E-state index < -0.39 is 34.0 Å². The Labute approximate surface area is 88.8 Å². The minimum atomic E-state index is -3.39. The molecule has 0 saturated carbocycles. The van der Waals surface area contributed by atoms with Gasteiger partial charge in [-0.2, -0.15) is 0 Å². The molecule has 1 N–H and O–H groups in total. The summed E-state index contributed by atoms with van der Waals surface area (Å²) in [5, 5.41) is 8.48. The highest BCUT2D eigenvalue weighted by molar-refractivity contribution is 7.92. The third-order valence-electron chi connectivity index (χ3n) is 1.84. The van der Waals surface area contributed by atoms with E-state index in [2.05, 4.69) is 0 Å². The summed E-state index contributed by atoms with van der Waals surface area (Å²) in [4.78, 5) is 22.7. The van der Waals surface area contributed by atoms with Gasteiger partial charge >= 0.3 is 5.97 Å². The summed E-state index contributed by atoms with van der Waals surface area (Å²) in [6, 6.07) is 0. The van der Waals surface area contributed by atoms with Crippen LogP contribution in [-0.4, -0.2) is 54.9 Å². The van der Waals surface area contributed by atoms with Crippen molar-refractivity contribution in [3.05, 3.63) is 0 Å². The van der Waals surface area contributed by atoms with Gasteiger partial charge in [-0.15, -0.1) is 0 Å². The molecule has 1 amide bonds. The first-order valence-electron chi connectivity index (χ1n) is 4.52. The lowest BCUT2D eigenvalue weighted by Gasteiger charge is -2.17. The van der Waals surface area contributed by atoms with Crippen molar-refractivity contribution in [3.63, 3.8) is 0 Å². The van der Waals surface area contributed by atoms with Crippen LogP contribution in [-0.2, 0) is 19.4 Å². The van der Waals surface area contributed by atoms with E-state index in [0.717, 1.165) is 4.90 Å². The van der Waals surface area contributed by atoms with Gasteiger partial charge < -0.3 is 10.0 Å². The minimum Gasteiger partial charge on any atom is -0.480 e. The average molecular weight is 237 g/mol. The number of hydrogen-bond acceptors (Lipinski definition) is 4. The summed E-state index contributed by atoms with van der Waals surface area (Å²) >= 11 is 0. The van der Waals surface area contributed by atoms with E-state index in [9.17, 15) is 18.0 Å². The Morgan fingerprint density at radius 3 is 2.13 bits per heavy atom. The number of carbonyl (C=O) groups is 2. The fourth-order valence-electron chi connectivity index (χ4n) is 0.921. The fourth-order valence-corrected chi connectivity index (χ4v) is 1.68. The maximum absolute atomic E-state index is 11.4. The largest absolute Gasteiger partial charge is 0.480 e. The second kappa shape index (κ2) is 5.69. The van der Waals surface area contributed by atoms with Crippen molar-refractivity contribution >= 4 is 21.7 Å². The van der Waals surface area contributed by atoms with Crippen LogP contribution in [0, 0.1) is 0 Å². The zero-order valence-corrected chi connectivity index (χ0v) is 9.58. The molecule has 0 aliphatic carbocycles. The molecule has 0 spiro atoms. The molecule has 6 nitrogen and oxygen atoms in total. The first-order valence-corrected chi connectivity index (χ1v) is 6.34. The molecule has 0 saturated heterocycles. The summed E-state index contributed by atoms with van der Waals surface area (Å²) in [5.74, 6) is -2.56. The standard InChI is InChI=1S/C8H15NO5S/c1-3-9(5-8(11)12)7(10)6-15(13,14)4-2/h3-6H2,1-2H3,(H,11,12). The summed E-state index contributed by atoms with van der Waals surface area (Å²) < 4.78 is 22.2. The lowest BCUT2D eigenvalue weighted by molar-refractivity contribution is -0.143. The van der Waals surface area contributed by atoms with E-state index in [1.807, 2.05) is 0 Å². The zero-order chi connectivity index (χ0) is 12.1. The van der Waals surface area contributed by atoms with Crippen molar-refractivity contribution in [2.75, 3.05) is 24.6 Å². The topological polar surface area (TPSA) is 91.8 Å². The van der Waals surface area contributed by atoms with Gasteiger partial charge in [-0.25, -0.2) is 8.42 Å². The van der Waals surface area contributed by atoms with Gasteiger partial charge in [-0.1, -0.05) is 6.92 Å².